The van der Waals surface area contributed by atoms with Gasteiger partial charge in [-0.2, -0.15) is 0 Å². The summed E-state index contributed by atoms with van der Waals surface area (Å²) >= 11 is 0.149. The molecule has 0 aliphatic heterocycles. The number of carboxylic acids is 2. The molecule has 0 aromatic rings. The van der Waals surface area contributed by atoms with Crippen molar-refractivity contribution in [3.8, 4) is 0 Å². The Morgan fingerprint density at radius 3 is 1.12 bits per heavy atom. The fourth-order valence-electron chi connectivity index (χ4n) is 1.40. The van der Waals surface area contributed by atoms with Crippen molar-refractivity contribution < 1.29 is 19.8 Å². The topological polar surface area (TPSA) is 83.5 Å². The van der Waals surface area contributed by atoms with Crippen LogP contribution in [0.2, 0.25) is 8.87 Å². The summed E-state index contributed by atoms with van der Waals surface area (Å²) in [5.41, 5.74) is 0. The summed E-state index contributed by atoms with van der Waals surface area (Å²) in [7, 11) is 0. The molecule has 0 aromatic heterocycles. The molecule has 0 radical (unpaired) electrons. The molecule has 5 nitrogen and oxygen atoms in total. The number of rotatable bonds is 9. The van der Waals surface area contributed by atoms with Crippen LogP contribution in [0.5, 0.6) is 0 Å². The zero-order valence-corrected chi connectivity index (χ0v) is 19.8. The Hall–Kier alpha value is -0.301. The molecule has 0 bridgehead atoms. The summed E-state index contributed by atoms with van der Waals surface area (Å²) in [6, 6.07) is 0. The van der Waals surface area contributed by atoms with Crippen LogP contribution in [0.3, 0.4) is 0 Å². The fraction of sp³-hybridized carbons (Fsp3) is 0.889. The molecule has 0 spiro atoms. The molecular formula is C18H39NO4Sn. The molecular weight excluding hydrogens is 413 g/mol. The number of unbranched alkanes of at least 4 members (excludes halogenated alkanes) is 2. The van der Waals surface area contributed by atoms with E-state index in [4.69, 9.17) is 19.8 Å². The maximum Gasteiger partial charge on any atom is -0.00474 e. The van der Waals surface area contributed by atoms with Gasteiger partial charge in [0.1, 0.15) is 0 Å². The Kier molecular flexibility index (Phi) is 40.1. The van der Waals surface area contributed by atoms with Gasteiger partial charge in [-0.1, -0.05) is 20.8 Å². The van der Waals surface area contributed by atoms with Gasteiger partial charge < -0.3 is 24.7 Å². The van der Waals surface area contributed by atoms with Gasteiger partial charge >= 0.3 is 69.5 Å². The zero-order valence-electron chi connectivity index (χ0n) is 16.9. The average molecular weight is 452 g/mol. The Labute approximate surface area is 160 Å². The standard InChI is InChI=1S/C6H15N.2C4H9.2C2H4O2.Sn/c1-4-7(5-2)6-3;2*1-3-4-2;2*1-2(3)4;/h4-6H2,1-3H3;2*1,3-4H2,2H3;2*1H3,(H,3,4);/q;;;;;+2/p-2. The minimum absolute atomic E-state index is 0.149. The fourth-order valence-corrected chi connectivity index (χ4v) is 5.56. The van der Waals surface area contributed by atoms with E-state index in [0.717, 1.165) is 13.8 Å². The average Bonchev–Trinajstić information content (AvgIpc) is 2.48. The monoisotopic (exact) mass is 453 g/mol. The molecule has 0 aromatic carbocycles. The summed E-state index contributed by atoms with van der Waals surface area (Å²) in [6.07, 6.45) is 5.84. The molecule has 0 amide bonds. The van der Waals surface area contributed by atoms with Gasteiger partial charge in [0.25, 0.3) is 0 Å². The van der Waals surface area contributed by atoms with Gasteiger partial charge in [0.15, 0.2) is 0 Å². The first-order valence-corrected chi connectivity index (χ1v) is 13.0. The second-order valence-corrected chi connectivity index (χ2v) is 9.34. The predicted molar refractivity (Wildman–Crippen MR) is 100 cm³/mol. The van der Waals surface area contributed by atoms with Gasteiger partial charge in [-0.05, 0) is 33.5 Å². The second-order valence-electron chi connectivity index (χ2n) is 5.06. The van der Waals surface area contributed by atoms with Crippen LogP contribution in [0.25, 0.3) is 0 Å². The number of hydrogen-bond acceptors (Lipinski definition) is 5. The number of aliphatic carboxylic acids is 2. The molecule has 144 valence electrons. The molecule has 0 N–H and O–H groups in total. The number of hydrogen-bond donors (Lipinski definition) is 0. The summed E-state index contributed by atoms with van der Waals surface area (Å²) in [6.45, 7) is 16.7. The van der Waals surface area contributed by atoms with Crippen molar-refractivity contribution in [2.24, 2.45) is 0 Å². The van der Waals surface area contributed by atoms with E-state index in [1.54, 1.807) is 8.87 Å². The summed E-state index contributed by atoms with van der Waals surface area (Å²) in [4.78, 5) is 20.2. The van der Waals surface area contributed by atoms with E-state index in [9.17, 15) is 0 Å². The molecule has 0 aliphatic rings. The van der Waals surface area contributed by atoms with Crippen LogP contribution >= 0.6 is 0 Å². The minimum atomic E-state index is -1.08. The smallest absolute Gasteiger partial charge is 0.00474 e. The SMILES string of the molecule is CC(=O)[O-].CC(=O)[O-].CCC[CH2][Sn+2][CH2]CCC.CCN(CC)CC. The normalized spacial score (nSPS) is 8.50. The summed E-state index contributed by atoms with van der Waals surface area (Å²) in [5.74, 6) is -2.17. The predicted octanol–water partition coefficient (Wildman–Crippen LogP) is 1.99. The number of carbonyl (C=O) groups is 2. The quantitative estimate of drug-likeness (QED) is 0.395. The molecule has 0 rings (SSSR count). The van der Waals surface area contributed by atoms with Crippen molar-refractivity contribution in [2.45, 2.75) is 83.0 Å². The molecule has 0 saturated carbocycles. The van der Waals surface area contributed by atoms with Crippen LogP contribution in [0.15, 0.2) is 0 Å². The van der Waals surface area contributed by atoms with Gasteiger partial charge in [0.2, 0.25) is 0 Å². The maximum atomic E-state index is 8.89. The molecule has 0 fully saturated rings. The van der Waals surface area contributed by atoms with Gasteiger partial charge in [-0.25, -0.2) is 0 Å². The molecule has 0 unspecified atom stereocenters. The van der Waals surface area contributed by atoms with Crippen LogP contribution in [-0.2, 0) is 9.59 Å². The van der Waals surface area contributed by atoms with E-state index in [2.05, 4.69) is 39.5 Å². The van der Waals surface area contributed by atoms with Crippen molar-refractivity contribution in [3.05, 3.63) is 0 Å². The van der Waals surface area contributed by atoms with Gasteiger partial charge in [-0.15, -0.1) is 0 Å². The van der Waals surface area contributed by atoms with Gasteiger partial charge in [0.05, 0.1) is 0 Å². The third-order valence-corrected chi connectivity index (χ3v) is 6.79. The van der Waals surface area contributed by atoms with E-state index in [-0.39, 0.29) is 21.1 Å². The first kappa shape index (κ1) is 31.5. The zero-order chi connectivity index (χ0) is 19.8. The summed E-state index contributed by atoms with van der Waals surface area (Å²) in [5, 5.41) is 17.8. The Balaban J connectivity index is -0.000000119. The van der Waals surface area contributed by atoms with Crippen molar-refractivity contribution in [1.29, 1.82) is 0 Å². The first-order valence-electron chi connectivity index (χ1n) is 9.01. The maximum absolute atomic E-state index is 8.89. The molecule has 0 heterocycles. The van der Waals surface area contributed by atoms with Crippen LogP contribution in [-0.4, -0.2) is 57.6 Å². The van der Waals surface area contributed by atoms with Crippen molar-refractivity contribution in [2.75, 3.05) is 19.6 Å². The Morgan fingerprint density at radius 1 is 0.750 bits per heavy atom. The Morgan fingerprint density at radius 2 is 1.00 bits per heavy atom. The number of carbonyl (C=O) groups excluding carboxylic acids is 2. The molecule has 0 aliphatic carbocycles. The molecule has 0 atom stereocenters. The van der Waals surface area contributed by atoms with Crippen LogP contribution in [0.1, 0.15) is 74.1 Å². The summed E-state index contributed by atoms with van der Waals surface area (Å²) < 4.78 is 3.25. The van der Waals surface area contributed by atoms with E-state index in [1.807, 2.05) is 0 Å². The molecule has 24 heavy (non-hydrogen) atoms. The van der Waals surface area contributed by atoms with Crippen molar-refractivity contribution in [1.82, 2.24) is 4.90 Å². The van der Waals surface area contributed by atoms with E-state index >= 15 is 0 Å². The van der Waals surface area contributed by atoms with Crippen LogP contribution < -0.4 is 10.2 Å². The third kappa shape index (κ3) is 67.9. The number of nitrogens with zero attached hydrogens (tertiary/aromatic N) is 1. The first-order chi connectivity index (χ1) is 11.2. The van der Waals surface area contributed by atoms with E-state index < -0.39 is 11.9 Å². The van der Waals surface area contributed by atoms with Crippen LogP contribution in [0, 0.1) is 0 Å². The third-order valence-electron chi connectivity index (χ3n) is 2.76. The van der Waals surface area contributed by atoms with Crippen molar-refractivity contribution >= 4 is 33.1 Å². The second kappa shape index (κ2) is 30.6. The minimum Gasteiger partial charge on any atom is -0.304 e. The molecule has 0 saturated heterocycles. The van der Waals surface area contributed by atoms with Gasteiger partial charge in [-0.3, -0.25) is 0 Å². The van der Waals surface area contributed by atoms with Crippen molar-refractivity contribution in [3.63, 3.8) is 0 Å². The Bertz CT molecular complexity index is 216. The number of carboxylic acid groups (broad SMARTS) is 2. The largest absolute Gasteiger partial charge is 0.304 e. The van der Waals surface area contributed by atoms with E-state index in [1.165, 1.54) is 45.3 Å². The molecule has 6 heteroatoms. The van der Waals surface area contributed by atoms with E-state index in [0.29, 0.717) is 0 Å². The van der Waals surface area contributed by atoms with Gasteiger partial charge in [0, 0.05) is 11.9 Å². The van der Waals surface area contributed by atoms with Crippen LogP contribution in [0.4, 0.5) is 0 Å².